The number of thiazole rings is 1. The highest BCUT2D eigenvalue weighted by Crippen LogP contribution is 2.37. The molecule has 4 rings (SSSR count). The van der Waals surface area contributed by atoms with Gasteiger partial charge in [-0.1, -0.05) is 32.5 Å². The number of pyridine rings is 1. The number of hydrogen-bond acceptors (Lipinski definition) is 7. The lowest BCUT2D eigenvalue weighted by Crippen LogP contribution is -2.31. The van der Waals surface area contributed by atoms with Crippen LogP contribution < -0.4 is 15.4 Å². The summed E-state index contributed by atoms with van der Waals surface area (Å²) >= 11 is 3.45. The molecule has 0 spiro atoms. The van der Waals surface area contributed by atoms with Crippen molar-refractivity contribution < 1.29 is 4.74 Å². The van der Waals surface area contributed by atoms with Crippen LogP contribution in [0, 0.1) is 12.8 Å². The number of aryl methyl sites for hydroxylation is 1. The van der Waals surface area contributed by atoms with Gasteiger partial charge in [-0.15, -0.1) is 23.1 Å². The van der Waals surface area contributed by atoms with E-state index in [2.05, 4.69) is 33.6 Å². The van der Waals surface area contributed by atoms with Crippen molar-refractivity contribution in [3.63, 3.8) is 0 Å². The summed E-state index contributed by atoms with van der Waals surface area (Å²) in [4.78, 5) is 10.3. The third-order valence-electron chi connectivity index (χ3n) is 5.01. The maximum absolute atomic E-state index is 6.18. The van der Waals surface area contributed by atoms with Gasteiger partial charge in [-0.25, -0.2) is 9.97 Å². The number of para-hydroxylation sites is 1. The molecule has 1 fully saturated rings. The van der Waals surface area contributed by atoms with Gasteiger partial charge in [-0.2, -0.15) is 0 Å². The molecular formula is C23H30N4OS2. The van der Waals surface area contributed by atoms with Crippen LogP contribution in [0.5, 0.6) is 11.5 Å². The molecule has 0 aliphatic carbocycles. The van der Waals surface area contributed by atoms with Gasteiger partial charge in [-0.3, -0.25) is 0 Å². The molecule has 30 heavy (non-hydrogen) atoms. The summed E-state index contributed by atoms with van der Waals surface area (Å²) in [6.45, 7) is 6.54. The van der Waals surface area contributed by atoms with Crippen molar-refractivity contribution in [1.82, 2.24) is 15.3 Å². The van der Waals surface area contributed by atoms with Gasteiger partial charge in [0.15, 0.2) is 16.7 Å². The zero-order valence-corrected chi connectivity index (χ0v) is 18.4. The zero-order chi connectivity index (χ0) is 20.1. The Morgan fingerprint density at radius 2 is 2.00 bits per heavy atom. The first kappa shape index (κ1) is 22.6. The fourth-order valence-corrected chi connectivity index (χ4v) is 5.29. The molecule has 1 saturated heterocycles. The van der Waals surface area contributed by atoms with Crippen LogP contribution in [0.1, 0.15) is 32.9 Å². The van der Waals surface area contributed by atoms with Crippen LogP contribution in [-0.2, 0) is 0 Å². The zero-order valence-electron chi connectivity index (χ0n) is 16.7. The quantitative estimate of drug-likeness (QED) is 0.407. The molecule has 1 aliphatic rings. The van der Waals surface area contributed by atoms with Gasteiger partial charge in [0.1, 0.15) is 5.75 Å². The van der Waals surface area contributed by atoms with Crippen molar-refractivity contribution in [3.05, 3.63) is 53.7 Å². The summed E-state index contributed by atoms with van der Waals surface area (Å²) in [5.74, 6) is 2.92. The molecule has 3 aromatic rings. The molecule has 0 bridgehead atoms. The number of piperidine rings is 1. The van der Waals surface area contributed by atoms with Crippen LogP contribution in [0.3, 0.4) is 0 Å². The van der Waals surface area contributed by atoms with E-state index < -0.39 is 0 Å². The normalized spacial score (nSPS) is 15.3. The second-order valence-electron chi connectivity index (χ2n) is 7.26. The maximum atomic E-state index is 6.18. The van der Waals surface area contributed by atoms with E-state index >= 15 is 0 Å². The van der Waals surface area contributed by atoms with Gasteiger partial charge in [0, 0.05) is 21.7 Å². The predicted octanol–water partition coefficient (Wildman–Crippen LogP) is 6.50. The molecule has 1 aromatic carbocycles. The summed E-state index contributed by atoms with van der Waals surface area (Å²) in [7, 11) is 0. The minimum absolute atomic E-state index is 0. The monoisotopic (exact) mass is 442 g/mol. The minimum atomic E-state index is 0. The number of nitrogens with one attached hydrogen (secondary N) is 2. The number of nitrogens with zero attached hydrogens (tertiary/aromatic N) is 2. The Kier molecular flexibility index (Phi) is 8.13. The summed E-state index contributed by atoms with van der Waals surface area (Å²) in [5.41, 5.74) is 0.992. The maximum Gasteiger partial charge on any atom is 0.188 e. The number of benzene rings is 1. The van der Waals surface area contributed by atoms with Crippen molar-refractivity contribution in [3.8, 4) is 11.5 Å². The Labute approximate surface area is 187 Å². The Balaban J connectivity index is 0.00000256. The second-order valence-corrected chi connectivity index (χ2v) is 9.57. The summed E-state index contributed by atoms with van der Waals surface area (Å²) in [6, 6.07) is 11.9. The summed E-state index contributed by atoms with van der Waals surface area (Å²) in [5, 5.41) is 10.1. The summed E-state index contributed by atoms with van der Waals surface area (Å²) in [6.07, 6.45) is 4.40. The van der Waals surface area contributed by atoms with Crippen molar-refractivity contribution >= 4 is 34.0 Å². The molecule has 1 atom stereocenters. The van der Waals surface area contributed by atoms with Gasteiger partial charge < -0.3 is 15.4 Å². The second kappa shape index (κ2) is 10.8. The highest BCUT2D eigenvalue weighted by molar-refractivity contribution is 8.00. The van der Waals surface area contributed by atoms with E-state index in [1.54, 1.807) is 11.3 Å². The first-order chi connectivity index (χ1) is 14.2. The van der Waals surface area contributed by atoms with Crippen molar-refractivity contribution in [2.75, 3.05) is 18.4 Å². The Hall–Kier alpha value is -2.09. The lowest BCUT2D eigenvalue weighted by atomic mass is 9.95. The lowest BCUT2D eigenvalue weighted by molar-refractivity contribution is 0.373. The fraction of sp³-hybridized carbons (Fsp3) is 0.391. The van der Waals surface area contributed by atoms with Crippen molar-refractivity contribution in [1.29, 1.82) is 0 Å². The first-order valence-electron chi connectivity index (χ1n) is 9.97. The van der Waals surface area contributed by atoms with Crippen molar-refractivity contribution in [2.24, 2.45) is 5.92 Å². The van der Waals surface area contributed by atoms with E-state index in [0.717, 1.165) is 40.5 Å². The van der Waals surface area contributed by atoms with Crippen LogP contribution >= 0.6 is 23.1 Å². The van der Waals surface area contributed by atoms with E-state index in [-0.39, 0.29) is 7.43 Å². The van der Waals surface area contributed by atoms with Crippen LogP contribution in [0.25, 0.3) is 0 Å². The Morgan fingerprint density at radius 1 is 1.23 bits per heavy atom. The average molecular weight is 443 g/mol. The SMILES string of the molecule is C.Cc1csc(Nc2ncc(SC(C)C3CCNCC3)cc2Oc2ccccc2)n1. The minimum Gasteiger partial charge on any atom is -0.453 e. The molecule has 2 aromatic heterocycles. The number of rotatable bonds is 7. The molecule has 3 heterocycles. The molecule has 0 radical (unpaired) electrons. The van der Waals surface area contributed by atoms with Crippen LogP contribution in [0.4, 0.5) is 10.9 Å². The first-order valence-corrected chi connectivity index (χ1v) is 11.7. The van der Waals surface area contributed by atoms with Gasteiger partial charge in [-0.05, 0) is 57.0 Å². The topological polar surface area (TPSA) is 59.1 Å². The van der Waals surface area contributed by atoms with Gasteiger partial charge >= 0.3 is 0 Å². The molecule has 1 aliphatic heterocycles. The molecule has 2 N–H and O–H groups in total. The largest absolute Gasteiger partial charge is 0.453 e. The molecule has 0 amide bonds. The third kappa shape index (κ3) is 5.97. The highest BCUT2D eigenvalue weighted by Gasteiger charge is 2.21. The highest BCUT2D eigenvalue weighted by atomic mass is 32.2. The third-order valence-corrected chi connectivity index (χ3v) is 7.14. The van der Waals surface area contributed by atoms with Crippen molar-refractivity contribution in [2.45, 2.75) is 44.3 Å². The van der Waals surface area contributed by atoms with E-state index in [1.807, 2.05) is 60.6 Å². The molecular weight excluding hydrogens is 412 g/mol. The Bertz CT molecular complexity index is 926. The standard InChI is InChI=1S/C22H26N4OS2.CH4/c1-15-14-28-22(25-15)26-21-20(27-18-6-4-3-5-7-18)12-19(13-24-21)29-16(2)17-8-10-23-11-9-17;/h3-7,12-14,16-17,23H,8-11H2,1-2H3,(H,24,25,26);1H4. The van der Waals surface area contributed by atoms with E-state index in [4.69, 9.17) is 4.74 Å². The summed E-state index contributed by atoms with van der Waals surface area (Å²) < 4.78 is 6.18. The molecule has 1 unspecified atom stereocenters. The Morgan fingerprint density at radius 3 is 2.70 bits per heavy atom. The number of thioether (sulfide) groups is 1. The van der Waals surface area contributed by atoms with E-state index in [1.165, 1.54) is 12.8 Å². The van der Waals surface area contributed by atoms with Gasteiger partial charge in [0.25, 0.3) is 0 Å². The van der Waals surface area contributed by atoms with E-state index in [0.29, 0.717) is 16.8 Å². The number of anilines is 2. The van der Waals surface area contributed by atoms with Crippen LogP contribution in [0.15, 0.2) is 52.9 Å². The fourth-order valence-electron chi connectivity index (χ4n) is 3.42. The smallest absolute Gasteiger partial charge is 0.188 e. The van der Waals surface area contributed by atoms with Gasteiger partial charge in [0.2, 0.25) is 0 Å². The van der Waals surface area contributed by atoms with Crippen LogP contribution in [-0.4, -0.2) is 28.3 Å². The number of aromatic nitrogens is 2. The molecule has 5 nitrogen and oxygen atoms in total. The molecule has 7 heteroatoms. The predicted molar refractivity (Wildman–Crippen MR) is 129 cm³/mol. The average Bonchev–Trinajstić information content (AvgIpc) is 3.16. The van der Waals surface area contributed by atoms with Crippen LogP contribution in [0.2, 0.25) is 0 Å². The molecule has 0 saturated carbocycles. The number of hydrogen-bond donors (Lipinski definition) is 2. The number of ether oxygens (including phenoxy) is 1. The van der Waals surface area contributed by atoms with Gasteiger partial charge in [0.05, 0.1) is 5.69 Å². The lowest BCUT2D eigenvalue weighted by Gasteiger charge is -2.27. The van der Waals surface area contributed by atoms with E-state index in [9.17, 15) is 0 Å². The molecule has 160 valence electrons.